The Bertz CT molecular complexity index is 538. The highest BCUT2D eigenvalue weighted by Gasteiger charge is 2.14. The molecule has 2 aromatic heterocycles. The van der Waals surface area contributed by atoms with E-state index in [2.05, 4.69) is 4.98 Å². The number of ketones is 1. The molecular weight excluding hydrogens is 297 g/mol. The van der Waals surface area contributed by atoms with E-state index in [1.165, 1.54) is 12.3 Å². The second-order valence-electron chi connectivity index (χ2n) is 3.33. The van der Waals surface area contributed by atoms with Crippen molar-refractivity contribution < 1.29 is 14.3 Å². The van der Waals surface area contributed by atoms with Gasteiger partial charge in [-0.25, -0.2) is 4.79 Å². The normalized spacial score (nSPS) is 10.3. The molecule has 4 nitrogen and oxygen atoms in total. The summed E-state index contributed by atoms with van der Waals surface area (Å²) in [5.74, 6) is -0.921. The van der Waals surface area contributed by atoms with Gasteiger partial charge in [-0.15, -0.1) is 11.3 Å². The molecule has 2 aromatic rings. The molecule has 7 heteroatoms. The number of carbonyl (C=O) groups is 2. The van der Waals surface area contributed by atoms with Gasteiger partial charge < -0.3 is 9.72 Å². The minimum Gasteiger partial charge on any atom is -0.453 e. The number of H-pyrrole nitrogens is 1. The van der Waals surface area contributed by atoms with Gasteiger partial charge in [-0.2, -0.15) is 0 Å². The molecule has 0 bridgehead atoms. The third-order valence-corrected chi connectivity index (χ3v) is 3.54. The number of hydrogen-bond donors (Lipinski definition) is 1. The number of aromatic amines is 1. The minimum atomic E-state index is -0.627. The van der Waals surface area contributed by atoms with Crippen molar-refractivity contribution in [2.45, 2.75) is 0 Å². The zero-order chi connectivity index (χ0) is 13.1. The first-order chi connectivity index (χ1) is 8.56. The second-order valence-corrected chi connectivity index (χ2v) is 5.49. The van der Waals surface area contributed by atoms with Gasteiger partial charge >= 0.3 is 5.97 Å². The monoisotopic (exact) mass is 303 g/mol. The topological polar surface area (TPSA) is 59.2 Å². The zero-order valence-corrected chi connectivity index (χ0v) is 11.2. The van der Waals surface area contributed by atoms with E-state index in [0.29, 0.717) is 14.2 Å². The van der Waals surface area contributed by atoms with E-state index < -0.39 is 5.97 Å². The highest BCUT2D eigenvalue weighted by Crippen LogP contribution is 2.21. The summed E-state index contributed by atoms with van der Waals surface area (Å²) >= 11 is 12.5. The number of nitrogens with one attached hydrogen (secondary N) is 1. The number of halogens is 2. The van der Waals surface area contributed by atoms with E-state index >= 15 is 0 Å². The molecule has 0 saturated carbocycles. The minimum absolute atomic E-state index is 0.206. The Kier molecular flexibility index (Phi) is 4.06. The van der Waals surface area contributed by atoms with E-state index in [0.717, 1.165) is 11.3 Å². The Labute approximate surface area is 116 Å². The summed E-state index contributed by atoms with van der Waals surface area (Å²) in [5, 5.41) is 0.401. The molecule has 2 rings (SSSR count). The van der Waals surface area contributed by atoms with Crippen molar-refractivity contribution in [3.63, 3.8) is 0 Å². The highest BCUT2D eigenvalue weighted by molar-refractivity contribution is 7.18. The zero-order valence-electron chi connectivity index (χ0n) is 8.91. The van der Waals surface area contributed by atoms with Gasteiger partial charge in [0.15, 0.2) is 6.61 Å². The number of Topliss-reactive ketones (excluding diaryl/α,β-unsaturated/α-hetero) is 1. The van der Waals surface area contributed by atoms with Gasteiger partial charge in [0.05, 0.1) is 14.2 Å². The lowest BCUT2D eigenvalue weighted by molar-refractivity contribution is 0.0470. The van der Waals surface area contributed by atoms with E-state index in [1.54, 1.807) is 12.1 Å². The molecule has 0 saturated heterocycles. The smallest absolute Gasteiger partial charge is 0.355 e. The Hall–Kier alpha value is -1.30. The van der Waals surface area contributed by atoms with Crippen LogP contribution in [0, 0.1) is 0 Å². The van der Waals surface area contributed by atoms with Crippen LogP contribution >= 0.6 is 34.5 Å². The average molecular weight is 304 g/mol. The fraction of sp³-hybridized carbons (Fsp3) is 0.0909. The third-order valence-electron chi connectivity index (χ3n) is 2.05. The molecule has 18 heavy (non-hydrogen) atoms. The Morgan fingerprint density at radius 2 is 2.11 bits per heavy atom. The van der Waals surface area contributed by atoms with Crippen LogP contribution < -0.4 is 0 Å². The molecule has 94 valence electrons. The van der Waals surface area contributed by atoms with E-state index in [1.807, 2.05) is 0 Å². The summed E-state index contributed by atoms with van der Waals surface area (Å²) in [5.41, 5.74) is 0.206. The molecule has 2 heterocycles. The molecule has 0 aromatic carbocycles. The molecule has 0 unspecified atom stereocenters. The van der Waals surface area contributed by atoms with Crippen LogP contribution in [0.4, 0.5) is 0 Å². The van der Waals surface area contributed by atoms with Crippen molar-refractivity contribution in [2.24, 2.45) is 0 Å². The van der Waals surface area contributed by atoms with Gasteiger partial charge in [-0.05, 0) is 18.2 Å². The Morgan fingerprint density at radius 3 is 2.67 bits per heavy atom. The largest absolute Gasteiger partial charge is 0.453 e. The van der Waals surface area contributed by atoms with Crippen LogP contribution in [0.5, 0.6) is 0 Å². The maximum absolute atomic E-state index is 11.6. The maximum atomic E-state index is 11.6. The predicted octanol–water partition coefficient (Wildman–Crippen LogP) is 3.42. The predicted molar refractivity (Wildman–Crippen MR) is 69.7 cm³/mol. The van der Waals surface area contributed by atoms with Crippen LogP contribution in [0.2, 0.25) is 9.36 Å². The average Bonchev–Trinajstić information content (AvgIpc) is 2.94. The van der Waals surface area contributed by atoms with Crippen LogP contribution in [0.15, 0.2) is 24.4 Å². The number of ether oxygens (including phenoxy) is 1. The lowest BCUT2D eigenvalue weighted by Crippen LogP contribution is -2.13. The molecular formula is C11H7Cl2NO3S. The quantitative estimate of drug-likeness (QED) is 0.695. The van der Waals surface area contributed by atoms with Gasteiger partial charge in [-0.1, -0.05) is 23.2 Å². The summed E-state index contributed by atoms with van der Waals surface area (Å²) in [6, 6.07) is 4.64. The molecule has 0 aliphatic rings. The fourth-order valence-electron chi connectivity index (χ4n) is 1.23. The SMILES string of the molecule is O=C(OCC(=O)c1ccc(Cl)s1)c1cc(Cl)c[nH]1. The molecule has 1 N–H and O–H groups in total. The van der Waals surface area contributed by atoms with Crippen LogP contribution in [-0.2, 0) is 4.74 Å². The standard InChI is InChI=1S/C11H7Cl2NO3S/c12-6-3-7(14-4-6)11(16)17-5-8(15)9-1-2-10(13)18-9/h1-4,14H,5H2. The number of esters is 1. The van der Waals surface area contributed by atoms with Gasteiger partial charge in [0.25, 0.3) is 0 Å². The number of aromatic nitrogens is 1. The van der Waals surface area contributed by atoms with Crippen molar-refractivity contribution in [3.8, 4) is 0 Å². The van der Waals surface area contributed by atoms with E-state index in [9.17, 15) is 9.59 Å². The van der Waals surface area contributed by atoms with Crippen LogP contribution in [0.3, 0.4) is 0 Å². The number of hydrogen-bond acceptors (Lipinski definition) is 4. The first-order valence-corrected chi connectivity index (χ1v) is 6.43. The van der Waals surface area contributed by atoms with E-state index in [-0.39, 0.29) is 18.1 Å². The molecule has 0 radical (unpaired) electrons. The number of carbonyl (C=O) groups excluding carboxylic acids is 2. The van der Waals surface area contributed by atoms with E-state index in [4.69, 9.17) is 27.9 Å². The van der Waals surface area contributed by atoms with Crippen LogP contribution in [0.1, 0.15) is 20.2 Å². The van der Waals surface area contributed by atoms with Gasteiger partial charge in [0.1, 0.15) is 5.69 Å². The Balaban J connectivity index is 1.92. The summed E-state index contributed by atoms with van der Waals surface area (Å²) in [7, 11) is 0. The molecule has 0 fully saturated rings. The molecule has 0 aliphatic heterocycles. The summed E-state index contributed by atoms with van der Waals surface area (Å²) in [6.45, 7) is -0.327. The maximum Gasteiger partial charge on any atom is 0.355 e. The summed E-state index contributed by atoms with van der Waals surface area (Å²) < 4.78 is 5.37. The summed E-state index contributed by atoms with van der Waals surface area (Å²) in [4.78, 5) is 26.2. The summed E-state index contributed by atoms with van der Waals surface area (Å²) in [6.07, 6.45) is 1.46. The van der Waals surface area contributed by atoms with Crippen molar-refractivity contribution in [1.29, 1.82) is 0 Å². The van der Waals surface area contributed by atoms with Gasteiger partial charge in [0, 0.05) is 6.20 Å². The first-order valence-electron chi connectivity index (χ1n) is 4.86. The third kappa shape index (κ3) is 3.13. The number of thiophene rings is 1. The molecule has 0 atom stereocenters. The number of rotatable bonds is 4. The van der Waals surface area contributed by atoms with Gasteiger partial charge in [0.2, 0.25) is 5.78 Å². The van der Waals surface area contributed by atoms with Crippen LogP contribution in [0.25, 0.3) is 0 Å². The lowest BCUT2D eigenvalue weighted by atomic mass is 10.3. The highest BCUT2D eigenvalue weighted by atomic mass is 35.5. The van der Waals surface area contributed by atoms with Gasteiger partial charge in [-0.3, -0.25) is 4.79 Å². The first kappa shape index (κ1) is 13.1. The Morgan fingerprint density at radius 1 is 1.33 bits per heavy atom. The van der Waals surface area contributed by atoms with Crippen molar-refractivity contribution >= 4 is 46.3 Å². The molecule has 0 aliphatic carbocycles. The fourth-order valence-corrected chi connectivity index (χ4v) is 2.36. The van der Waals surface area contributed by atoms with Crippen molar-refractivity contribution in [3.05, 3.63) is 44.3 Å². The lowest BCUT2D eigenvalue weighted by Gasteiger charge is -2.00. The second kappa shape index (κ2) is 5.56. The van der Waals surface area contributed by atoms with Crippen molar-refractivity contribution in [1.82, 2.24) is 4.98 Å². The van der Waals surface area contributed by atoms with Crippen molar-refractivity contribution in [2.75, 3.05) is 6.61 Å². The molecule has 0 amide bonds. The van der Waals surface area contributed by atoms with Crippen LogP contribution in [-0.4, -0.2) is 23.3 Å². The molecule has 0 spiro atoms.